The number of rotatable bonds is 7. The minimum atomic E-state index is -3.18. The Balaban J connectivity index is 1.29. The summed E-state index contributed by atoms with van der Waals surface area (Å²) < 4.78 is 26.1. The van der Waals surface area contributed by atoms with E-state index in [4.69, 9.17) is 4.98 Å². The first-order valence-corrected chi connectivity index (χ1v) is 15.1. The molecular weight excluding hydrogens is 514 g/mol. The smallest absolute Gasteiger partial charge is 0.295 e. The van der Waals surface area contributed by atoms with E-state index in [-0.39, 0.29) is 23.2 Å². The molecule has 1 aliphatic heterocycles. The third-order valence-corrected chi connectivity index (χ3v) is 9.97. The van der Waals surface area contributed by atoms with Crippen molar-refractivity contribution in [3.8, 4) is 11.4 Å². The molecule has 2 fully saturated rings. The van der Waals surface area contributed by atoms with Crippen molar-refractivity contribution < 1.29 is 8.42 Å². The number of aryl methyl sites for hydroxylation is 2. The van der Waals surface area contributed by atoms with Gasteiger partial charge in [0.05, 0.1) is 33.8 Å². The summed E-state index contributed by atoms with van der Waals surface area (Å²) in [6.45, 7) is 4.36. The average molecular weight is 544 g/mol. The van der Waals surface area contributed by atoms with Crippen LogP contribution in [-0.4, -0.2) is 43.7 Å². The Kier molecular flexibility index (Phi) is 5.55. The van der Waals surface area contributed by atoms with Gasteiger partial charge in [-0.1, -0.05) is 12.1 Å². The van der Waals surface area contributed by atoms with Gasteiger partial charge < -0.3 is 5.32 Å². The number of sulfone groups is 1. The third-order valence-electron chi connectivity index (χ3n) is 8.16. The van der Waals surface area contributed by atoms with Crippen LogP contribution >= 0.6 is 0 Å². The van der Waals surface area contributed by atoms with Gasteiger partial charge in [-0.15, -0.1) is 0 Å². The second-order valence-corrected chi connectivity index (χ2v) is 13.1. The highest BCUT2D eigenvalue weighted by molar-refractivity contribution is 7.91. The molecule has 4 aromatic rings. The van der Waals surface area contributed by atoms with Crippen LogP contribution in [0.3, 0.4) is 0 Å². The lowest BCUT2D eigenvalue weighted by atomic mass is 10.1. The van der Waals surface area contributed by atoms with Crippen molar-refractivity contribution in [1.29, 1.82) is 0 Å². The topological polar surface area (TPSA) is 133 Å². The van der Waals surface area contributed by atoms with Gasteiger partial charge in [0.1, 0.15) is 11.8 Å². The molecular formula is C28H29N7O3S. The van der Waals surface area contributed by atoms with Gasteiger partial charge in [-0.25, -0.2) is 33.3 Å². The van der Waals surface area contributed by atoms with Crippen molar-refractivity contribution in [1.82, 2.24) is 29.5 Å². The van der Waals surface area contributed by atoms with E-state index >= 15 is 0 Å². The van der Waals surface area contributed by atoms with E-state index < -0.39 is 9.84 Å². The van der Waals surface area contributed by atoms with Crippen LogP contribution in [0.1, 0.15) is 67.1 Å². The standard InChI is InChI=1S/C28H29N7O3S/c1-15-23(24(19-6-7-19)32-14-31-15)25-30-13-21-27(34-25)35(16(2)18-4-5-18)28(36)26(33-21)29-12-17-3-8-22-20(11-17)9-10-39(22,37)38/h3,8,11,13-14,16,18-19H,4-7,9-10,12H2,1-2H3,(H,29,33)/t16-/m0/s1. The van der Waals surface area contributed by atoms with E-state index in [2.05, 4.69) is 32.2 Å². The first-order chi connectivity index (χ1) is 18.8. The molecule has 1 aromatic carbocycles. The summed E-state index contributed by atoms with van der Waals surface area (Å²) in [5, 5.41) is 3.21. The quantitative estimate of drug-likeness (QED) is 0.370. The van der Waals surface area contributed by atoms with Gasteiger partial charge in [-0.2, -0.15) is 0 Å². The Hall–Kier alpha value is -3.73. The number of aromatic nitrogens is 6. The zero-order valence-electron chi connectivity index (χ0n) is 21.9. The molecule has 200 valence electrons. The van der Waals surface area contributed by atoms with Crippen molar-refractivity contribution >= 4 is 26.8 Å². The van der Waals surface area contributed by atoms with Gasteiger partial charge in [0.2, 0.25) is 0 Å². The summed E-state index contributed by atoms with van der Waals surface area (Å²) in [7, 11) is -3.18. The molecule has 3 aromatic heterocycles. The molecule has 2 aliphatic carbocycles. The number of nitrogens with one attached hydrogen (secondary N) is 1. The van der Waals surface area contributed by atoms with Crippen LogP contribution < -0.4 is 10.9 Å². The molecule has 1 atom stereocenters. The fourth-order valence-corrected chi connectivity index (χ4v) is 7.16. The van der Waals surface area contributed by atoms with Crippen LogP contribution in [0.4, 0.5) is 5.82 Å². The van der Waals surface area contributed by atoms with Crippen molar-refractivity contribution in [3.63, 3.8) is 0 Å². The fraction of sp³-hybridized carbons (Fsp3) is 0.429. The Bertz CT molecular complexity index is 1810. The summed E-state index contributed by atoms with van der Waals surface area (Å²) in [5.74, 6) is 1.72. The van der Waals surface area contributed by atoms with E-state index in [0.29, 0.717) is 46.7 Å². The molecule has 4 heterocycles. The number of anilines is 1. The van der Waals surface area contributed by atoms with Crippen molar-refractivity contribution in [3.05, 3.63) is 63.6 Å². The van der Waals surface area contributed by atoms with Crippen LogP contribution in [0.15, 0.2) is 40.4 Å². The zero-order chi connectivity index (χ0) is 26.9. The maximum absolute atomic E-state index is 13.8. The average Bonchev–Trinajstić information content (AvgIpc) is 3.84. The molecule has 0 saturated heterocycles. The third kappa shape index (κ3) is 4.28. The molecule has 10 nitrogen and oxygen atoms in total. The summed E-state index contributed by atoms with van der Waals surface area (Å²) >= 11 is 0. The minimum Gasteiger partial charge on any atom is -0.361 e. The van der Waals surface area contributed by atoms with Gasteiger partial charge in [-0.05, 0) is 69.1 Å². The Morgan fingerprint density at radius 3 is 2.69 bits per heavy atom. The summed E-state index contributed by atoms with van der Waals surface area (Å²) in [6, 6.07) is 5.32. The predicted molar refractivity (Wildman–Crippen MR) is 146 cm³/mol. The van der Waals surface area contributed by atoms with Crippen molar-refractivity contribution in [2.75, 3.05) is 11.1 Å². The molecule has 3 aliphatic rings. The zero-order valence-corrected chi connectivity index (χ0v) is 22.7. The predicted octanol–water partition coefficient (Wildman–Crippen LogP) is 3.74. The molecule has 0 spiro atoms. The first-order valence-electron chi connectivity index (χ1n) is 13.5. The number of hydrogen-bond donors (Lipinski definition) is 1. The molecule has 0 bridgehead atoms. The molecule has 1 N–H and O–H groups in total. The van der Waals surface area contributed by atoms with E-state index in [1.165, 1.54) is 0 Å². The lowest BCUT2D eigenvalue weighted by Gasteiger charge is -2.19. The molecule has 39 heavy (non-hydrogen) atoms. The largest absolute Gasteiger partial charge is 0.361 e. The van der Waals surface area contributed by atoms with Crippen LogP contribution in [0.2, 0.25) is 0 Å². The highest BCUT2D eigenvalue weighted by Crippen LogP contribution is 2.43. The van der Waals surface area contributed by atoms with E-state index in [1.54, 1.807) is 29.2 Å². The first kappa shape index (κ1) is 24.3. The second-order valence-electron chi connectivity index (χ2n) is 11.0. The minimum absolute atomic E-state index is 0.0347. The second kappa shape index (κ2) is 8.90. The maximum atomic E-state index is 13.8. The van der Waals surface area contributed by atoms with Crippen LogP contribution in [-0.2, 0) is 22.8 Å². The van der Waals surface area contributed by atoms with Crippen LogP contribution in [0.25, 0.3) is 22.6 Å². The number of benzene rings is 1. The van der Waals surface area contributed by atoms with Gasteiger partial charge >= 0.3 is 0 Å². The maximum Gasteiger partial charge on any atom is 0.295 e. The molecule has 0 amide bonds. The monoisotopic (exact) mass is 543 g/mol. The molecule has 0 unspecified atom stereocenters. The van der Waals surface area contributed by atoms with Crippen LogP contribution in [0, 0.1) is 12.8 Å². The van der Waals surface area contributed by atoms with Gasteiger partial charge in [0, 0.05) is 18.5 Å². The summed E-state index contributed by atoms with van der Waals surface area (Å²) in [4.78, 5) is 37.4. The SMILES string of the molecule is Cc1ncnc(C2CC2)c1-c1ncc2nc(NCc3ccc4c(c3)CCS4(=O)=O)c(=O)n([C@@H](C)C3CC3)c2n1. The summed E-state index contributed by atoms with van der Waals surface area (Å²) in [6.07, 6.45) is 8.13. The summed E-state index contributed by atoms with van der Waals surface area (Å²) in [5.41, 5.74) is 5.20. The number of hydrogen-bond acceptors (Lipinski definition) is 9. The fourth-order valence-electron chi connectivity index (χ4n) is 5.62. The lowest BCUT2D eigenvalue weighted by molar-refractivity contribution is 0.482. The number of nitrogens with zero attached hydrogens (tertiary/aromatic N) is 6. The van der Waals surface area contributed by atoms with Crippen molar-refractivity contribution in [2.45, 2.75) is 69.4 Å². The van der Waals surface area contributed by atoms with E-state index in [9.17, 15) is 13.2 Å². The highest BCUT2D eigenvalue weighted by Gasteiger charge is 2.33. The van der Waals surface area contributed by atoms with Gasteiger partial charge in [0.15, 0.2) is 27.1 Å². The highest BCUT2D eigenvalue weighted by atomic mass is 32.2. The van der Waals surface area contributed by atoms with Gasteiger partial charge in [-0.3, -0.25) is 9.36 Å². The molecule has 7 rings (SSSR count). The number of fused-ring (bicyclic) bond motifs is 2. The Morgan fingerprint density at radius 2 is 1.92 bits per heavy atom. The van der Waals surface area contributed by atoms with E-state index in [1.807, 2.05) is 13.0 Å². The Morgan fingerprint density at radius 1 is 1.10 bits per heavy atom. The molecule has 11 heteroatoms. The normalized spacial score (nSPS) is 18.7. The van der Waals surface area contributed by atoms with Gasteiger partial charge in [0.25, 0.3) is 5.56 Å². The molecule has 2 saturated carbocycles. The van der Waals surface area contributed by atoms with Crippen LogP contribution in [0.5, 0.6) is 0 Å². The van der Waals surface area contributed by atoms with Crippen molar-refractivity contribution in [2.24, 2.45) is 5.92 Å². The van der Waals surface area contributed by atoms with E-state index in [0.717, 1.165) is 53.8 Å². The molecule has 0 radical (unpaired) electrons. The lowest BCUT2D eigenvalue weighted by Crippen LogP contribution is -2.29. The Labute approximate surface area is 225 Å².